The summed E-state index contributed by atoms with van der Waals surface area (Å²) in [7, 11) is 0. The van der Waals surface area contributed by atoms with Gasteiger partial charge in [0, 0.05) is 16.8 Å². The van der Waals surface area contributed by atoms with E-state index in [-0.39, 0.29) is 5.92 Å². The SMILES string of the molecule is CCCC(C)c1nc2ccc(C)cc2c(Cc2ccccc2Cl)c1C(=O)O. The van der Waals surface area contributed by atoms with Gasteiger partial charge in [-0.1, -0.05) is 61.7 Å². The highest BCUT2D eigenvalue weighted by molar-refractivity contribution is 6.31. The highest BCUT2D eigenvalue weighted by Gasteiger charge is 2.24. The molecule has 1 N–H and O–H groups in total. The molecule has 0 bridgehead atoms. The van der Waals surface area contributed by atoms with E-state index in [4.69, 9.17) is 16.6 Å². The van der Waals surface area contributed by atoms with Crippen molar-refractivity contribution in [1.82, 2.24) is 4.98 Å². The fraction of sp³-hybridized carbons (Fsp3) is 0.304. The second kappa shape index (κ2) is 8.10. The van der Waals surface area contributed by atoms with Crippen molar-refractivity contribution in [2.75, 3.05) is 0 Å². The first-order valence-electron chi connectivity index (χ1n) is 9.32. The zero-order valence-corrected chi connectivity index (χ0v) is 16.7. The molecule has 0 aliphatic carbocycles. The fourth-order valence-electron chi connectivity index (χ4n) is 3.64. The Balaban J connectivity index is 2.32. The average molecular weight is 382 g/mol. The molecule has 1 atom stereocenters. The van der Waals surface area contributed by atoms with Crippen LogP contribution >= 0.6 is 11.6 Å². The number of hydrogen-bond acceptors (Lipinski definition) is 2. The van der Waals surface area contributed by atoms with E-state index in [1.807, 2.05) is 49.4 Å². The van der Waals surface area contributed by atoms with Crippen LogP contribution in [0.2, 0.25) is 5.02 Å². The van der Waals surface area contributed by atoms with E-state index in [1.54, 1.807) is 0 Å². The van der Waals surface area contributed by atoms with Gasteiger partial charge < -0.3 is 5.11 Å². The topological polar surface area (TPSA) is 50.2 Å². The number of rotatable bonds is 6. The smallest absolute Gasteiger partial charge is 0.337 e. The van der Waals surface area contributed by atoms with Gasteiger partial charge in [0.05, 0.1) is 16.8 Å². The summed E-state index contributed by atoms with van der Waals surface area (Å²) in [6, 6.07) is 13.6. The van der Waals surface area contributed by atoms with Crippen molar-refractivity contribution in [2.24, 2.45) is 0 Å². The van der Waals surface area contributed by atoms with Crippen LogP contribution < -0.4 is 0 Å². The van der Waals surface area contributed by atoms with Crippen molar-refractivity contribution in [3.8, 4) is 0 Å². The zero-order chi connectivity index (χ0) is 19.6. The van der Waals surface area contributed by atoms with Gasteiger partial charge in [0.25, 0.3) is 0 Å². The first-order chi connectivity index (χ1) is 12.9. The molecular formula is C23H24ClNO2. The van der Waals surface area contributed by atoms with Crippen molar-refractivity contribution < 1.29 is 9.90 Å². The Morgan fingerprint density at radius 3 is 2.63 bits per heavy atom. The Hall–Kier alpha value is -2.39. The van der Waals surface area contributed by atoms with Crippen LogP contribution in [0.25, 0.3) is 10.9 Å². The van der Waals surface area contributed by atoms with Gasteiger partial charge in [-0.3, -0.25) is 4.98 Å². The van der Waals surface area contributed by atoms with Gasteiger partial charge in [-0.15, -0.1) is 0 Å². The Bertz CT molecular complexity index is 997. The van der Waals surface area contributed by atoms with Gasteiger partial charge in [-0.05, 0) is 48.6 Å². The second-order valence-electron chi connectivity index (χ2n) is 7.13. The van der Waals surface area contributed by atoms with E-state index >= 15 is 0 Å². The average Bonchev–Trinajstić information content (AvgIpc) is 2.63. The van der Waals surface area contributed by atoms with Crippen LogP contribution in [0.5, 0.6) is 0 Å². The minimum atomic E-state index is -0.925. The molecule has 3 rings (SSSR count). The van der Waals surface area contributed by atoms with Crippen LogP contribution in [0, 0.1) is 6.92 Å². The van der Waals surface area contributed by atoms with Crippen molar-refractivity contribution in [3.05, 3.63) is 75.4 Å². The molecule has 27 heavy (non-hydrogen) atoms. The van der Waals surface area contributed by atoms with Crippen LogP contribution in [0.1, 0.15) is 65.3 Å². The largest absolute Gasteiger partial charge is 0.478 e. The van der Waals surface area contributed by atoms with Gasteiger partial charge >= 0.3 is 5.97 Å². The van der Waals surface area contributed by atoms with Gasteiger partial charge in [-0.25, -0.2) is 4.79 Å². The van der Waals surface area contributed by atoms with E-state index in [1.165, 1.54) is 0 Å². The maximum absolute atomic E-state index is 12.3. The number of aromatic carboxylic acids is 1. The lowest BCUT2D eigenvalue weighted by atomic mass is 9.89. The zero-order valence-electron chi connectivity index (χ0n) is 15.9. The van der Waals surface area contributed by atoms with Crippen molar-refractivity contribution in [3.63, 3.8) is 0 Å². The number of aromatic nitrogens is 1. The molecule has 1 unspecified atom stereocenters. The Labute approximate surface area is 165 Å². The van der Waals surface area contributed by atoms with E-state index in [2.05, 4.69) is 13.8 Å². The molecule has 0 amide bonds. The second-order valence-corrected chi connectivity index (χ2v) is 7.54. The summed E-state index contributed by atoms with van der Waals surface area (Å²) in [5.74, 6) is -0.845. The van der Waals surface area contributed by atoms with E-state index in [0.717, 1.165) is 40.4 Å². The molecule has 1 aromatic heterocycles. The third-order valence-electron chi connectivity index (χ3n) is 5.00. The molecule has 3 nitrogen and oxygen atoms in total. The maximum Gasteiger partial charge on any atom is 0.337 e. The summed E-state index contributed by atoms with van der Waals surface area (Å²) in [6.07, 6.45) is 2.35. The van der Waals surface area contributed by atoms with Crippen LogP contribution in [0.15, 0.2) is 42.5 Å². The number of nitrogens with zero attached hydrogens (tertiary/aromatic N) is 1. The van der Waals surface area contributed by atoms with Crippen molar-refractivity contribution >= 4 is 28.5 Å². The fourth-order valence-corrected chi connectivity index (χ4v) is 3.85. The van der Waals surface area contributed by atoms with Crippen molar-refractivity contribution in [1.29, 1.82) is 0 Å². The molecule has 3 aromatic rings. The maximum atomic E-state index is 12.3. The molecular weight excluding hydrogens is 358 g/mol. The number of fused-ring (bicyclic) bond motifs is 1. The lowest BCUT2D eigenvalue weighted by molar-refractivity contribution is 0.0693. The number of carboxylic acids is 1. The quantitative estimate of drug-likeness (QED) is 0.538. The number of carbonyl (C=O) groups is 1. The molecule has 0 fully saturated rings. The van der Waals surface area contributed by atoms with Gasteiger partial charge in [0.2, 0.25) is 0 Å². The van der Waals surface area contributed by atoms with E-state index in [0.29, 0.717) is 22.7 Å². The minimum Gasteiger partial charge on any atom is -0.478 e. The monoisotopic (exact) mass is 381 g/mol. The normalized spacial score (nSPS) is 12.3. The summed E-state index contributed by atoms with van der Waals surface area (Å²) >= 11 is 6.38. The van der Waals surface area contributed by atoms with Crippen LogP contribution in [-0.2, 0) is 6.42 Å². The third kappa shape index (κ3) is 3.98. The number of carboxylic acid groups (broad SMARTS) is 1. The molecule has 140 valence electrons. The number of aryl methyl sites for hydroxylation is 1. The molecule has 0 saturated carbocycles. The summed E-state index contributed by atoms with van der Waals surface area (Å²) in [6.45, 7) is 6.16. The summed E-state index contributed by atoms with van der Waals surface area (Å²) in [4.78, 5) is 17.0. The first kappa shape index (κ1) is 19.4. The van der Waals surface area contributed by atoms with Crippen LogP contribution in [-0.4, -0.2) is 16.1 Å². The lowest BCUT2D eigenvalue weighted by Crippen LogP contribution is -2.13. The van der Waals surface area contributed by atoms with Crippen molar-refractivity contribution in [2.45, 2.75) is 46.0 Å². The number of pyridine rings is 1. The minimum absolute atomic E-state index is 0.0804. The molecule has 0 aliphatic rings. The first-order valence-corrected chi connectivity index (χ1v) is 9.70. The molecule has 0 saturated heterocycles. The summed E-state index contributed by atoms with van der Waals surface area (Å²) < 4.78 is 0. The Kier molecular flexibility index (Phi) is 5.81. The summed E-state index contributed by atoms with van der Waals surface area (Å²) in [5, 5.41) is 11.6. The predicted octanol–water partition coefficient (Wildman–Crippen LogP) is 6.39. The molecule has 0 spiro atoms. The third-order valence-corrected chi connectivity index (χ3v) is 5.37. The Morgan fingerprint density at radius 2 is 1.96 bits per heavy atom. The summed E-state index contributed by atoms with van der Waals surface area (Å²) in [5.41, 5.74) is 4.63. The van der Waals surface area contributed by atoms with Crippen LogP contribution in [0.3, 0.4) is 0 Å². The molecule has 2 aromatic carbocycles. The number of benzene rings is 2. The predicted molar refractivity (Wildman–Crippen MR) is 111 cm³/mol. The highest BCUT2D eigenvalue weighted by atomic mass is 35.5. The number of halogens is 1. The van der Waals surface area contributed by atoms with Gasteiger partial charge in [0.1, 0.15) is 0 Å². The Morgan fingerprint density at radius 1 is 1.22 bits per heavy atom. The van der Waals surface area contributed by atoms with Gasteiger partial charge in [-0.2, -0.15) is 0 Å². The number of hydrogen-bond donors (Lipinski definition) is 1. The van der Waals surface area contributed by atoms with E-state index in [9.17, 15) is 9.90 Å². The molecule has 4 heteroatoms. The highest BCUT2D eigenvalue weighted by Crippen LogP contribution is 2.33. The molecule has 0 radical (unpaired) electrons. The van der Waals surface area contributed by atoms with E-state index < -0.39 is 5.97 Å². The molecule has 1 heterocycles. The van der Waals surface area contributed by atoms with Crippen LogP contribution in [0.4, 0.5) is 0 Å². The lowest BCUT2D eigenvalue weighted by Gasteiger charge is -2.19. The van der Waals surface area contributed by atoms with Gasteiger partial charge in [0.15, 0.2) is 0 Å². The molecule has 0 aliphatic heterocycles. The standard InChI is InChI=1S/C23H24ClNO2/c1-4-7-15(3)22-21(23(26)27)18(13-16-8-5-6-9-19(16)24)17-12-14(2)10-11-20(17)25-22/h5-6,8-12,15H,4,7,13H2,1-3H3,(H,26,27).